The van der Waals surface area contributed by atoms with Gasteiger partial charge in [0.15, 0.2) is 5.78 Å². The molecule has 0 saturated heterocycles. The van der Waals surface area contributed by atoms with Gasteiger partial charge in [0.1, 0.15) is 6.04 Å². The van der Waals surface area contributed by atoms with Gasteiger partial charge in [-0.2, -0.15) is 0 Å². The van der Waals surface area contributed by atoms with Crippen molar-refractivity contribution < 1.29 is 14.4 Å². The van der Waals surface area contributed by atoms with Crippen molar-refractivity contribution in [2.75, 3.05) is 20.1 Å². The second kappa shape index (κ2) is 18.1. The molecule has 266 valence electrons. The van der Waals surface area contributed by atoms with E-state index in [2.05, 4.69) is 41.0 Å². The number of likely N-dealkylation sites (N-methyl/N-ethyl adjacent to an activating group) is 1. The van der Waals surface area contributed by atoms with Crippen LogP contribution in [0.1, 0.15) is 72.8 Å². The van der Waals surface area contributed by atoms with Crippen molar-refractivity contribution in [1.82, 2.24) is 15.5 Å². The molecule has 6 N–H and O–H groups in total. The fraction of sp³-hybridized carbons (Fsp3) is 0.425. The summed E-state index contributed by atoms with van der Waals surface area (Å²) in [5.41, 5.74) is 18.0. The number of allylic oxidation sites excluding steroid dienone is 1. The largest absolute Gasteiger partial charge is 0.350 e. The molecule has 5 rings (SSSR count). The van der Waals surface area contributed by atoms with Gasteiger partial charge in [0.25, 0.3) is 0 Å². The molecule has 0 radical (unpaired) electrons. The Bertz CT molecular complexity index is 1710. The van der Waals surface area contributed by atoms with E-state index in [4.69, 9.17) is 23.1 Å². The van der Waals surface area contributed by atoms with Crippen LogP contribution in [0.4, 0.5) is 0 Å². The van der Waals surface area contributed by atoms with Gasteiger partial charge in [0.05, 0.1) is 11.1 Å². The molecule has 1 aliphatic carbocycles. The predicted molar refractivity (Wildman–Crippen MR) is 203 cm³/mol. The Kier molecular flexibility index (Phi) is 13.7. The highest BCUT2D eigenvalue weighted by atomic mass is 35.5. The normalized spacial score (nSPS) is 20.4. The maximum absolute atomic E-state index is 14.5. The van der Waals surface area contributed by atoms with E-state index in [0.29, 0.717) is 56.8 Å². The van der Waals surface area contributed by atoms with Crippen molar-refractivity contribution in [2.45, 2.75) is 93.3 Å². The van der Waals surface area contributed by atoms with Gasteiger partial charge in [-0.25, -0.2) is 0 Å². The minimum Gasteiger partial charge on any atom is -0.350 e. The van der Waals surface area contributed by atoms with Crippen molar-refractivity contribution in [3.63, 3.8) is 0 Å². The number of hydrogen-bond donors (Lipinski definition) is 4. The van der Waals surface area contributed by atoms with Crippen LogP contribution < -0.4 is 22.1 Å². The van der Waals surface area contributed by atoms with Crippen LogP contribution in [0.25, 0.3) is 5.57 Å². The summed E-state index contributed by atoms with van der Waals surface area (Å²) < 4.78 is 0. The standard InChI is InChI=1S/C40H50ClN5O3S/c1-26-20-31-25-45-39(48)35(22-28-17-16-27-10-3-5-13-32(27)28)46(2)40(49)29(11-7-8-18-42)23-36(47)34(14-9-19-43)44-24-30-12-4-6-15-37(30)50-38(31)33(41)21-26/h3-6,10,12-13,15,17,20-21,29,34-35,44H,7-9,11,14,16,18-19,22-25,42-43H2,1-2H3,(H,45,48)/t29-,34+,35+/m1/s1. The first kappa shape index (κ1) is 37.8. The van der Waals surface area contributed by atoms with Gasteiger partial charge in [-0.05, 0) is 97.6 Å². The number of nitrogens with two attached hydrogens (primary N) is 2. The highest BCUT2D eigenvalue weighted by molar-refractivity contribution is 7.99. The lowest BCUT2D eigenvalue weighted by atomic mass is 9.90. The summed E-state index contributed by atoms with van der Waals surface area (Å²) in [4.78, 5) is 46.3. The van der Waals surface area contributed by atoms with Gasteiger partial charge < -0.3 is 27.0 Å². The lowest BCUT2D eigenvalue weighted by molar-refractivity contribution is -0.143. The zero-order valence-electron chi connectivity index (χ0n) is 29.2. The zero-order chi connectivity index (χ0) is 35.6. The van der Waals surface area contributed by atoms with E-state index in [-0.39, 0.29) is 30.6 Å². The molecule has 0 spiro atoms. The average Bonchev–Trinajstić information content (AvgIpc) is 3.52. The SMILES string of the molecule is Cc1cc(Cl)c2c(c1)CNC(=O)[C@H](CC1=CCc3ccccc31)N(C)C(=O)[C@H](CCCCN)CC(=O)[C@H](CCCN)NCc1ccccc1S2. The third-order valence-electron chi connectivity index (χ3n) is 9.79. The minimum absolute atomic E-state index is 0.0234. The number of carbonyl (C=O) groups excluding carboxylic acids is 3. The Morgan fingerprint density at radius 2 is 1.64 bits per heavy atom. The van der Waals surface area contributed by atoms with Crippen LogP contribution >= 0.6 is 23.4 Å². The smallest absolute Gasteiger partial charge is 0.243 e. The van der Waals surface area contributed by atoms with Crippen LogP contribution in [0.3, 0.4) is 0 Å². The van der Waals surface area contributed by atoms with Gasteiger partial charge in [0.2, 0.25) is 11.8 Å². The summed E-state index contributed by atoms with van der Waals surface area (Å²) >= 11 is 8.45. The fourth-order valence-corrected chi connectivity index (χ4v) is 8.44. The molecule has 2 amide bonds. The highest BCUT2D eigenvalue weighted by Gasteiger charge is 2.35. The second-order valence-electron chi connectivity index (χ2n) is 13.4. The molecule has 0 bridgehead atoms. The number of unbranched alkanes of at least 4 members (excludes halogenated alkanes) is 1. The van der Waals surface area contributed by atoms with E-state index in [0.717, 1.165) is 50.5 Å². The maximum Gasteiger partial charge on any atom is 0.243 e. The number of aryl methyl sites for hydroxylation is 1. The first-order valence-electron chi connectivity index (χ1n) is 17.7. The van der Waals surface area contributed by atoms with E-state index in [1.54, 1.807) is 23.7 Å². The highest BCUT2D eigenvalue weighted by Crippen LogP contribution is 2.39. The Morgan fingerprint density at radius 3 is 2.42 bits per heavy atom. The summed E-state index contributed by atoms with van der Waals surface area (Å²) in [6.07, 6.45) is 6.59. The van der Waals surface area contributed by atoms with Crippen LogP contribution in [-0.4, -0.2) is 54.7 Å². The van der Waals surface area contributed by atoms with E-state index >= 15 is 0 Å². The monoisotopic (exact) mass is 715 g/mol. The van der Waals surface area contributed by atoms with Gasteiger partial charge in [-0.1, -0.05) is 84.4 Å². The Morgan fingerprint density at radius 1 is 0.900 bits per heavy atom. The molecule has 1 aliphatic heterocycles. The lowest BCUT2D eigenvalue weighted by Gasteiger charge is -2.32. The summed E-state index contributed by atoms with van der Waals surface area (Å²) in [7, 11) is 1.70. The van der Waals surface area contributed by atoms with E-state index < -0.39 is 18.0 Å². The number of amides is 2. The quantitative estimate of drug-likeness (QED) is 0.195. The molecule has 0 unspecified atom stereocenters. The van der Waals surface area contributed by atoms with Gasteiger partial charge in [0, 0.05) is 48.7 Å². The first-order valence-corrected chi connectivity index (χ1v) is 18.9. The summed E-state index contributed by atoms with van der Waals surface area (Å²) in [5.74, 6) is -1.06. The number of ketones is 1. The first-order chi connectivity index (χ1) is 24.2. The van der Waals surface area contributed by atoms with E-state index in [1.807, 2.05) is 43.3 Å². The molecule has 10 heteroatoms. The van der Waals surface area contributed by atoms with E-state index in [9.17, 15) is 14.4 Å². The van der Waals surface area contributed by atoms with Crippen LogP contribution in [0, 0.1) is 12.8 Å². The molecule has 2 aliphatic rings. The van der Waals surface area contributed by atoms with Gasteiger partial charge in [-0.3, -0.25) is 14.4 Å². The van der Waals surface area contributed by atoms with Crippen LogP contribution in [-0.2, 0) is 33.9 Å². The number of hydrogen-bond acceptors (Lipinski definition) is 7. The summed E-state index contributed by atoms with van der Waals surface area (Å²) in [6, 6.07) is 19.0. The van der Waals surface area contributed by atoms with Crippen molar-refractivity contribution in [3.8, 4) is 0 Å². The van der Waals surface area contributed by atoms with Crippen LogP contribution in [0.2, 0.25) is 5.02 Å². The molecule has 3 atom stereocenters. The molecule has 1 heterocycles. The molecular formula is C40H50ClN5O3S. The molecular weight excluding hydrogens is 666 g/mol. The summed E-state index contributed by atoms with van der Waals surface area (Å²) in [6.45, 7) is 3.67. The fourth-order valence-electron chi connectivity index (χ4n) is 6.97. The molecule has 50 heavy (non-hydrogen) atoms. The molecule has 3 aromatic rings. The lowest BCUT2D eigenvalue weighted by Crippen LogP contribution is -2.50. The molecule has 0 fully saturated rings. The summed E-state index contributed by atoms with van der Waals surface area (Å²) in [5, 5.41) is 7.30. The van der Waals surface area contributed by atoms with Crippen LogP contribution in [0.15, 0.2) is 76.5 Å². The Balaban J connectivity index is 1.56. The number of nitrogens with zero attached hydrogens (tertiary/aromatic N) is 1. The Labute approximate surface area is 305 Å². The molecule has 0 saturated carbocycles. The molecule has 3 aromatic carbocycles. The van der Waals surface area contributed by atoms with Gasteiger partial charge >= 0.3 is 0 Å². The minimum atomic E-state index is -0.786. The molecule has 0 aromatic heterocycles. The van der Waals surface area contributed by atoms with Crippen molar-refractivity contribution in [3.05, 3.63) is 99.6 Å². The number of fused-ring (bicyclic) bond motifs is 3. The number of rotatable bonds is 9. The number of halogens is 1. The number of Topliss-reactive ketones (excluding diaryl/α,β-unsaturated/α-hetero) is 1. The van der Waals surface area contributed by atoms with Crippen molar-refractivity contribution in [1.29, 1.82) is 0 Å². The number of nitrogens with one attached hydrogen (secondary N) is 2. The number of carbonyl (C=O) groups is 3. The van der Waals surface area contributed by atoms with Crippen molar-refractivity contribution >= 4 is 46.5 Å². The zero-order valence-corrected chi connectivity index (χ0v) is 30.8. The third-order valence-corrected chi connectivity index (χ3v) is 11.5. The van der Waals surface area contributed by atoms with Crippen LogP contribution in [0.5, 0.6) is 0 Å². The topological polar surface area (TPSA) is 131 Å². The second-order valence-corrected chi connectivity index (χ2v) is 14.9. The van der Waals surface area contributed by atoms with Gasteiger partial charge in [-0.15, -0.1) is 0 Å². The molecule has 8 nitrogen and oxygen atoms in total. The predicted octanol–water partition coefficient (Wildman–Crippen LogP) is 6.19. The Hall–Kier alpha value is -3.47. The maximum atomic E-state index is 14.5. The number of benzene rings is 3. The average molecular weight is 716 g/mol. The van der Waals surface area contributed by atoms with E-state index in [1.165, 1.54) is 5.56 Å². The third kappa shape index (κ3) is 9.44. The van der Waals surface area contributed by atoms with Crippen molar-refractivity contribution in [2.24, 2.45) is 17.4 Å².